The zero-order chi connectivity index (χ0) is 49.7. The number of fused-ring (bicyclic) bond motifs is 2. The van der Waals surface area contributed by atoms with E-state index in [1.54, 1.807) is 64.0 Å². The van der Waals surface area contributed by atoms with Gasteiger partial charge in [-0.2, -0.15) is 0 Å². The number of likely N-dealkylation sites (N-methyl/N-ethyl adjacent to an activating group) is 2. The summed E-state index contributed by atoms with van der Waals surface area (Å²) in [6, 6.07) is 18.5. The fraction of sp³-hybridized carbons (Fsp3) is 0.481. The molecule has 374 valence electrons. The highest BCUT2D eigenvalue weighted by atomic mass is 16.5. The first-order valence-corrected chi connectivity index (χ1v) is 23.4. The second kappa shape index (κ2) is 23.9. The molecule has 4 aromatic rings. The zero-order valence-corrected chi connectivity index (χ0v) is 42.4. The lowest BCUT2D eigenvalue weighted by molar-refractivity contribution is -0.941. The van der Waals surface area contributed by atoms with Gasteiger partial charge in [-0.15, -0.1) is 0 Å². The van der Waals surface area contributed by atoms with E-state index in [2.05, 4.69) is 44.4 Å². The van der Waals surface area contributed by atoms with Crippen LogP contribution >= 0.6 is 0 Å². The maximum absolute atomic E-state index is 13.1. The maximum atomic E-state index is 13.1. The van der Waals surface area contributed by atoms with Crippen molar-refractivity contribution in [1.82, 2.24) is 0 Å². The molecule has 0 fully saturated rings. The van der Waals surface area contributed by atoms with Crippen LogP contribution in [0.25, 0.3) is 0 Å². The van der Waals surface area contributed by atoms with E-state index in [9.17, 15) is 9.59 Å². The van der Waals surface area contributed by atoms with Crippen LogP contribution in [0.15, 0.2) is 66.2 Å². The molecule has 0 saturated heterocycles. The highest BCUT2D eigenvalue weighted by Crippen LogP contribution is 2.46. The maximum Gasteiger partial charge on any atom is 0.331 e. The Hall–Kier alpha value is -6.16. The number of hydrogen-bond acceptors (Lipinski definition) is 13. The number of rotatable bonds is 25. The van der Waals surface area contributed by atoms with E-state index < -0.39 is 5.97 Å². The fourth-order valence-electron chi connectivity index (χ4n) is 10.2. The molecule has 0 saturated carbocycles. The zero-order valence-electron chi connectivity index (χ0n) is 42.4. The third kappa shape index (κ3) is 12.0. The summed E-state index contributed by atoms with van der Waals surface area (Å²) in [5, 5.41) is 0. The highest BCUT2D eigenvalue weighted by molar-refractivity contribution is 5.90. The Morgan fingerprint density at radius 2 is 1.00 bits per heavy atom. The van der Waals surface area contributed by atoms with Gasteiger partial charge in [-0.05, 0) is 70.8 Å². The van der Waals surface area contributed by atoms with Gasteiger partial charge in [-0.1, -0.05) is 6.07 Å². The third-order valence-corrected chi connectivity index (χ3v) is 14.1. The number of hydrogen-bond donors (Lipinski definition) is 0. The van der Waals surface area contributed by atoms with Gasteiger partial charge < -0.3 is 61.1 Å². The van der Waals surface area contributed by atoms with Crippen molar-refractivity contribution in [3.05, 3.63) is 99.6 Å². The predicted molar refractivity (Wildman–Crippen MR) is 262 cm³/mol. The molecule has 0 aliphatic carbocycles. The number of methoxy groups -OCH3 is 9. The number of esters is 1. The van der Waals surface area contributed by atoms with Crippen molar-refractivity contribution in [2.45, 2.75) is 50.6 Å². The molecule has 4 aromatic carbocycles. The topological polar surface area (TPSA) is 136 Å². The number of nitrogens with zero attached hydrogens (tertiary/aromatic N) is 2. The number of carbonyl (C=O) groups is 2. The molecule has 6 rings (SSSR count). The van der Waals surface area contributed by atoms with Gasteiger partial charge in [0.05, 0.1) is 124 Å². The number of ether oxygens (including phenoxy) is 11. The van der Waals surface area contributed by atoms with Crippen LogP contribution in [-0.2, 0) is 44.7 Å². The van der Waals surface area contributed by atoms with E-state index in [0.717, 1.165) is 72.0 Å². The Labute approximate surface area is 407 Å². The summed E-state index contributed by atoms with van der Waals surface area (Å²) in [4.78, 5) is 25.2. The van der Waals surface area contributed by atoms with Gasteiger partial charge in [0.1, 0.15) is 18.4 Å². The average Bonchev–Trinajstić information content (AvgIpc) is 3.37. The first-order chi connectivity index (χ1) is 33.3. The lowest BCUT2D eigenvalue weighted by Crippen LogP contribution is -2.52. The Morgan fingerprint density at radius 3 is 1.48 bits per heavy atom. The fourth-order valence-corrected chi connectivity index (χ4v) is 10.2. The number of aldehydes is 1. The quantitative estimate of drug-likeness (QED) is 0.0214. The number of carbonyl (C=O) groups excluding carboxylic acids is 2. The van der Waals surface area contributed by atoms with E-state index in [1.807, 2.05) is 24.3 Å². The SMILES string of the molecule is COc1ccc(CC2c3cc(OC)c(OC)cc3CC[N+]2(C)CCCOC(=O)C=C(C=O)COCCC[N+]2(C)CCc3cc(OC)c(OC)cc3C2Cc2cc(OC)c(OC)c(OC)c2)cc1OC. The van der Waals surface area contributed by atoms with E-state index in [0.29, 0.717) is 77.5 Å². The van der Waals surface area contributed by atoms with Gasteiger partial charge >= 0.3 is 5.97 Å². The van der Waals surface area contributed by atoms with Gasteiger partial charge in [0.25, 0.3) is 0 Å². The molecule has 0 amide bonds. The van der Waals surface area contributed by atoms with Gasteiger partial charge in [0.2, 0.25) is 5.75 Å². The molecular weight excluding hydrogens is 885 g/mol. The molecule has 4 atom stereocenters. The lowest BCUT2D eigenvalue weighted by Gasteiger charge is -2.46. The first kappa shape index (κ1) is 52.2. The molecular formula is C54H72N2O13+2. The molecule has 15 heteroatoms. The minimum atomic E-state index is -0.571. The highest BCUT2D eigenvalue weighted by Gasteiger charge is 2.41. The molecule has 2 aliphatic rings. The van der Waals surface area contributed by atoms with Crippen LogP contribution in [0.2, 0.25) is 0 Å². The predicted octanol–water partition coefficient (Wildman–Crippen LogP) is 7.50. The molecule has 69 heavy (non-hydrogen) atoms. The number of benzene rings is 4. The minimum Gasteiger partial charge on any atom is -0.493 e. The Balaban J connectivity index is 1.07. The van der Waals surface area contributed by atoms with Crippen molar-refractivity contribution < 1.29 is 70.7 Å². The van der Waals surface area contributed by atoms with E-state index in [-0.39, 0.29) is 30.9 Å². The van der Waals surface area contributed by atoms with Crippen LogP contribution < -0.4 is 42.6 Å². The monoisotopic (exact) mass is 957 g/mol. The van der Waals surface area contributed by atoms with Crippen molar-refractivity contribution >= 4 is 12.3 Å². The molecule has 0 bridgehead atoms. The van der Waals surface area contributed by atoms with Crippen LogP contribution in [0.5, 0.6) is 51.7 Å². The van der Waals surface area contributed by atoms with Crippen LogP contribution in [-0.4, -0.2) is 145 Å². The Kier molecular flexibility index (Phi) is 18.1. The van der Waals surface area contributed by atoms with E-state index >= 15 is 0 Å². The van der Waals surface area contributed by atoms with Crippen LogP contribution in [0.3, 0.4) is 0 Å². The van der Waals surface area contributed by atoms with Gasteiger partial charge in [0, 0.05) is 61.3 Å². The van der Waals surface area contributed by atoms with E-state index in [1.165, 1.54) is 28.3 Å². The first-order valence-electron chi connectivity index (χ1n) is 23.4. The van der Waals surface area contributed by atoms with Gasteiger partial charge in [0.15, 0.2) is 46.0 Å². The van der Waals surface area contributed by atoms with Gasteiger partial charge in [-0.25, -0.2) is 4.79 Å². The summed E-state index contributed by atoms with van der Waals surface area (Å²) in [6.45, 7) is 3.91. The Bertz CT molecular complexity index is 2410. The van der Waals surface area contributed by atoms with Crippen molar-refractivity contribution in [3.63, 3.8) is 0 Å². The summed E-state index contributed by atoms with van der Waals surface area (Å²) in [7, 11) is 19.3. The van der Waals surface area contributed by atoms with Crippen LogP contribution in [0.4, 0.5) is 0 Å². The van der Waals surface area contributed by atoms with Crippen molar-refractivity contribution in [2.75, 3.05) is 124 Å². The summed E-state index contributed by atoms with van der Waals surface area (Å²) < 4.78 is 64.2. The molecule has 4 unspecified atom stereocenters. The summed E-state index contributed by atoms with van der Waals surface area (Å²) in [5.74, 6) is 5.29. The minimum absolute atomic E-state index is 0.00253. The summed E-state index contributed by atoms with van der Waals surface area (Å²) >= 11 is 0. The summed E-state index contributed by atoms with van der Waals surface area (Å²) in [5.41, 5.74) is 7.19. The van der Waals surface area contributed by atoms with Crippen LogP contribution in [0.1, 0.15) is 58.3 Å². The standard InChI is InChI=1S/C54H72N2O13/c1-55(20-16-40-31-48(62-6)50(64-8)33-42(40)44(55)25-37-27-51(65-9)54(67-11)52(28-37)66-10)18-12-22-68-35-38(34-57)29-53(58)69-23-13-19-56(2)21-17-39-30-47(61-5)49(63-7)32-41(39)43(56)24-36-14-15-45(59-3)46(26-36)60-4/h14-15,26-34,43-44H,12-13,16-25,35H2,1-11H3/q+2. The van der Waals surface area contributed by atoms with E-state index in [4.69, 9.17) is 52.1 Å². The second-order valence-electron chi connectivity index (χ2n) is 18.1. The van der Waals surface area contributed by atoms with Crippen LogP contribution in [0, 0.1) is 0 Å². The van der Waals surface area contributed by atoms with Gasteiger partial charge in [-0.3, -0.25) is 4.79 Å². The smallest absolute Gasteiger partial charge is 0.331 e. The second-order valence-corrected chi connectivity index (χ2v) is 18.1. The molecule has 15 nitrogen and oxygen atoms in total. The molecule has 0 spiro atoms. The van der Waals surface area contributed by atoms with Crippen molar-refractivity contribution in [2.24, 2.45) is 0 Å². The molecule has 0 radical (unpaired) electrons. The molecule has 2 heterocycles. The molecule has 2 aliphatic heterocycles. The normalized spacial score (nSPS) is 19.6. The third-order valence-electron chi connectivity index (χ3n) is 14.1. The van der Waals surface area contributed by atoms with Crippen molar-refractivity contribution in [1.29, 1.82) is 0 Å². The molecule has 0 aromatic heterocycles. The largest absolute Gasteiger partial charge is 0.493 e. The summed E-state index contributed by atoms with van der Waals surface area (Å²) in [6.07, 6.45) is 6.37. The average molecular weight is 957 g/mol. The van der Waals surface area contributed by atoms with Crippen molar-refractivity contribution in [3.8, 4) is 51.7 Å². The lowest BCUT2D eigenvalue weighted by atomic mass is 9.86. The molecule has 0 N–H and O–H groups in total. The number of quaternary nitrogens is 2. The Morgan fingerprint density at radius 1 is 0.551 bits per heavy atom.